The summed E-state index contributed by atoms with van der Waals surface area (Å²) in [6.07, 6.45) is 1.07. The number of aromatic amines is 1. The summed E-state index contributed by atoms with van der Waals surface area (Å²) in [5.74, 6) is 5.54. The Kier molecular flexibility index (Phi) is 4.39. The van der Waals surface area contributed by atoms with Crippen LogP contribution in [-0.4, -0.2) is 21.2 Å². The number of benzene rings is 1. The monoisotopic (exact) mass is 292 g/mol. The van der Waals surface area contributed by atoms with E-state index in [0.717, 1.165) is 23.6 Å². The molecule has 0 radical (unpaired) electrons. The molecule has 4 N–H and O–H groups in total. The molecule has 0 aliphatic rings. The molecule has 2 rings (SSSR count). The summed E-state index contributed by atoms with van der Waals surface area (Å²) in [4.78, 5) is 4.90. The van der Waals surface area contributed by atoms with Crippen LogP contribution >= 0.6 is 12.2 Å². The smallest absolute Gasteiger partial charge is 0.230 e. The number of aromatic nitrogens is 3. The number of hydrogen-bond donors (Lipinski definition) is 3. The van der Waals surface area contributed by atoms with Gasteiger partial charge in [-0.25, -0.2) is 5.48 Å². The van der Waals surface area contributed by atoms with Gasteiger partial charge in [0.05, 0.1) is 5.69 Å². The molecule has 1 heterocycles. The van der Waals surface area contributed by atoms with E-state index in [1.807, 2.05) is 35.8 Å². The minimum absolute atomic E-state index is 0.540. The molecule has 0 unspecified atom stereocenters. The highest BCUT2D eigenvalue weighted by atomic mass is 32.1. The number of rotatable bonds is 5. The molecule has 104 valence electrons. The second-order valence-corrected chi connectivity index (χ2v) is 3.99. The molecule has 0 saturated heterocycles. The van der Waals surface area contributed by atoms with Crippen LogP contribution in [0.25, 0.3) is 5.69 Å². The van der Waals surface area contributed by atoms with Crippen LogP contribution < -0.4 is 11.3 Å². The van der Waals surface area contributed by atoms with Crippen LogP contribution in [0.15, 0.2) is 39.8 Å². The zero-order valence-electron chi connectivity index (χ0n) is 10.5. The van der Waals surface area contributed by atoms with E-state index in [2.05, 4.69) is 31.2 Å². The number of nitrogens with zero attached hydrogens (tertiary/aromatic N) is 5. The minimum Gasteiger partial charge on any atom is -0.368 e. The van der Waals surface area contributed by atoms with E-state index >= 15 is 0 Å². The van der Waals surface area contributed by atoms with Gasteiger partial charge >= 0.3 is 0 Å². The Morgan fingerprint density at radius 2 is 2.20 bits per heavy atom. The number of H-pyrrole nitrogens is 1. The van der Waals surface area contributed by atoms with Crippen LogP contribution in [0.3, 0.4) is 0 Å². The molecule has 0 saturated carbocycles. The van der Waals surface area contributed by atoms with Crippen molar-refractivity contribution in [1.29, 1.82) is 0 Å². The number of hydrogen-bond acceptors (Lipinski definition) is 6. The van der Waals surface area contributed by atoms with E-state index in [0.29, 0.717) is 4.77 Å². The first kappa shape index (κ1) is 13.7. The van der Waals surface area contributed by atoms with E-state index in [-0.39, 0.29) is 0 Å². The molecule has 0 atom stereocenters. The van der Waals surface area contributed by atoms with Gasteiger partial charge in [0.2, 0.25) is 6.40 Å². The van der Waals surface area contributed by atoms with Gasteiger partial charge in [-0.3, -0.25) is 9.67 Å². The van der Waals surface area contributed by atoms with E-state index < -0.39 is 0 Å². The topological polar surface area (TPSA) is 118 Å². The molecular weight excluding hydrogens is 280 g/mol. The quantitative estimate of drug-likeness (QED) is 0.194. The fraction of sp³-hybridized carbons (Fsp3) is 0.100. The van der Waals surface area contributed by atoms with Crippen molar-refractivity contribution in [2.75, 3.05) is 5.48 Å². The Morgan fingerprint density at radius 3 is 2.80 bits per heavy atom. The normalized spacial score (nSPS) is 11.2. The van der Waals surface area contributed by atoms with Gasteiger partial charge in [0.15, 0.2) is 4.77 Å². The summed E-state index contributed by atoms with van der Waals surface area (Å²) >= 11 is 5.16. The number of nitrogens with one attached hydrogen (secondary N) is 2. The van der Waals surface area contributed by atoms with Crippen molar-refractivity contribution in [1.82, 2.24) is 14.8 Å². The molecule has 2 aromatic rings. The molecule has 20 heavy (non-hydrogen) atoms. The third-order valence-corrected chi connectivity index (χ3v) is 2.62. The molecule has 0 bridgehead atoms. The fourth-order valence-corrected chi connectivity index (χ4v) is 1.81. The molecule has 9 nitrogen and oxygen atoms in total. The highest BCUT2D eigenvalue weighted by molar-refractivity contribution is 7.71. The van der Waals surface area contributed by atoms with Crippen molar-refractivity contribution in [3.8, 4) is 5.69 Å². The van der Waals surface area contributed by atoms with Crippen LogP contribution in [0, 0.1) is 11.7 Å². The van der Waals surface area contributed by atoms with Gasteiger partial charge < -0.3 is 10.7 Å². The van der Waals surface area contributed by atoms with Crippen molar-refractivity contribution in [3.05, 3.63) is 34.9 Å². The molecule has 0 spiro atoms. The van der Waals surface area contributed by atoms with Gasteiger partial charge in [-0.1, -0.05) is 10.3 Å². The lowest BCUT2D eigenvalue weighted by atomic mass is 10.3. The first-order valence-corrected chi connectivity index (χ1v) is 5.91. The van der Waals surface area contributed by atoms with E-state index in [4.69, 9.17) is 22.9 Å². The first-order chi connectivity index (χ1) is 9.72. The molecule has 0 aliphatic heterocycles. The largest absolute Gasteiger partial charge is 0.368 e. The maximum Gasteiger partial charge on any atom is 0.230 e. The number of nitrogens with two attached hydrogens (primary N) is 1. The zero-order chi connectivity index (χ0) is 14.4. The first-order valence-electron chi connectivity index (χ1n) is 5.50. The summed E-state index contributed by atoms with van der Waals surface area (Å²) < 4.78 is 2.36. The van der Waals surface area contributed by atoms with Crippen LogP contribution in [0.2, 0.25) is 0 Å². The Balaban J connectivity index is 2.05. The van der Waals surface area contributed by atoms with Crippen molar-refractivity contribution in [3.63, 3.8) is 0 Å². The standard InChI is InChI=1S/C10H12N8OS/c1-7-13-14-10(20)18(7)9-4-2-8(3-5-9)15-19-6-12-17-16-11/h2-6,15H,1H3,(H2,11,17)(H,14,20)/b12-6+. The second-order valence-electron chi connectivity index (χ2n) is 3.60. The molecule has 1 aromatic carbocycles. The fourth-order valence-electron chi connectivity index (χ4n) is 1.53. The van der Waals surface area contributed by atoms with E-state index in [1.54, 1.807) is 0 Å². The van der Waals surface area contributed by atoms with Crippen LogP contribution in [0.4, 0.5) is 5.69 Å². The van der Waals surface area contributed by atoms with Crippen molar-refractivity contribution >= 4 is 24.3 Å². The Labute approximate surface area is 119 Å². The average Bonchev–Trinajstić information content (AvgIpc) is 2.79. The number of anilines is 1. The lowest BCUT2D eigenvalue weighted by molar-refractivity contribution is 0.410. The van der Waals surface area contributed by atoms with Crippen molar-refractivity contribution in [2.24, 2.45) is 21.4 Å². The van der Waals surface area contributed by atoms with Gasteiger partial charge in [0.25, 0.3) is 0 Å². The maximum atomic E-state index is 5.16. The van der Waals surface area contributed by atoms with E-state index in [9.17, 15) is 0 Å². The van der Waals surface area contributed by atoms with Gasteiger partial charge in [0, 0.05) is 5.69 Å². The predicted molar refractivity (Wildman–Crippen MR) is 75.7 cm³/mol. The Morgan fingerprint density at radius 1 is 1.45 bits per heavy atom. The highest BCUT2D eigenvalue weighted by Crippen LogP contribution is 2.14. The van der Waals surface area contributed by atoms with Gasteiger partial charge in [-0.05, 0) is 48.6 Å². The molecule has 0 fully saturated rings. The summed E-state index contributed by atoms with van der Waals surface area (Å²) in [5.41, 5.74) is 4.29. The van der Waals surface area contributed by atoms with Crippen LogP contribution in [0.1, 0.15) is 5.82 Å². The van der Waals surface area contributed by atoms with Gasteiger partial charge in [-0.15, -0.1) is 0 Å². The average molecular weight is 292 g/mol. The zero-order valence-corrected chi connectivity index (χ0v) is 11.3. The molecule has 1 aromatic heterocycles. The summed E-state index contributed by atoms with van der Waals surface area (Å²) in [7, 11) is 0. The number of aryl methyl sites for hydroxylation is 1. The summed E-state index contributed by atoms with van der Waals surface area (Å²) in [6.45, 7) is 1.87. The predicted octanol–water partition coefficient (Wildman–Crippen LogP) is 1.85. The van der Waals surface area contributed by atoms with Crippen molar-refractivity contribution in [2.45, 2.75) is 6.92 Å². The third kappa shape index (κ3) is 3.17. The molecule has 0 amide bonds. The van der Waals surface area contributed by atoms with Gasteiger partial charge in [0.1, 0.15) is 5.82 Å². The summed E-state index contributed by atoms with van der Waals surface area (Å²) in [5, 5.41) is 16.3. The van der Waals surface area contributed by atoms with E-state index in [1.165, 1.54) is 0 Å². The van der Waals surface area contributed by atoms with Crippen molar-refractivity contribution < 1.29 is 4.84 Å². The summed E-state index contributed by atoms with van der Waals surface area (Å²) in [6, 6.07) is 7.39. The molecule has 0 aliphatic carbocycles. The third-order valence-electron chi connectivity index (χ3n) is 2.35. The van der Waals surface area contributed by atoms with Crippen LogP contribution in [0.5, 0.6) is 0 Å². The highest BCUT2D eigenvalue weighted by Gasteiger charge is 2.03. The Hall–Kier alpha value is -2.75. The Bertz CT molecular complexity index is 671. The second kappa shape index (κ2) is 6.43. The molecule has 10 heteroatoms. The lowest BCUT2D eigenvalue weighted by Crippen LogP contribution is -2.00. The van der Waals surface area contributed by atoms with Crippen LogP contribution in [-0.2, 0) is 4.84 Å². The lowest BCUT2D eigenvalue weighted by Gasteiger charge is -2.06. The van der Waals surface area contributed by atoms with Gasteiger partial charge in [-0.2, -0.15) is 5.10 Å². The SMILES string of the molecule is Cc1n[nH]c(=S)n1-c1ccc(NO/C=N/N=N/N)cc1. The molecular formula is C10H12N8OS. The maximum absolute atomic E-state index is 5.16. The minimum atomic E-state index is 0.540.